The number of ketones is 2. The lowest BCUT2D eigenvalue weighted by Crippen LogP contribution is -2.33. The quantitative estimate of drug-likeness (QED) is 0.470. The predicted octanol–water partition coefficient (Wildman–Crippen LogP) is 5.30. The highest BCUT2D eigenvalue weighted by Crippen LogP contribution is 2.56. The van der Waals surface area contributed by atoms with E-state index >= 15 is 0 Å². The fourth-order valence-electron chi connectivity index (χ4n) is 6.36. The van der Waals surface area contributed by atoms with Gasteiger partial charge in [-0.1, -0.05) is 13.8 Å². The van der Waals surface area contributed by atoms with Gasteiger partial charge in [0.2, 0.25) is 0 Å². The Morgan fingerprint density at radius 2 is 1.77 bits per heavy atom. The first-order valence-electron chi connectivity index (χ1n) is 12.4. The minimum atomic E-state index is -0.549. The smallest absolute Gasteiger partial charge is 0.189 e. The minimum Gasteiger partial charge on any atom is -0.388 e. The monoisotopic (exact) mass is 474 g/mol. The molecule has 2 saturated carbocycles. The Bertz CT molecular complexity index is 1260. The summed E-state index contributed by atoms with van der Waals surface area (Å²) in [4.78, 5) is 33.6. The van der Waals surface area contributed by atoms with Crippen molar-refractivity contribution in [3.63, 3.8) is 0 Å². The number of benzene rings is 1. The number of fused-ring (bicyclic) bond motifs is 2. The van der Waals surface area contributed by atoms with Crippen LogP contribution in [0.15, 0.2) is 48.8 Å². The van der Waals surface area contributed by atoms with Crippen molar-refractivity contribution in [2.24, 2.45) is 23.2 Å². The van der Waals surface area contributed by atoms with Crippen LogP contribution >= 0.6 is 0 Å². The number of aliphatic hydroxyl groups excluding tert-OH is 1. The van der Waals surface area contributed by atoms with Gasteiger partial charge >= 0.3 is 0 Å². The summed E-state index contributed by atoms with van der Waals surface area (Å²) < 4.78 is 13.9. The second kappa shape index (κ2) is 9.23. The average molecular weight is 475 g/mol. The zero-order valence-electron chi connectivity index (χ0n) is 20.2. The molecule has 1 N–H and O–H groups in total. The van der Waals surface area contributed by atoms with Gasteiger partial charge in [-0.3, -0.25) is 19.6 Å². The van der Waals surface area contributed by atoms with Gasteiger partial charge in [0.25, 0.3) is 0 Å². The molecule has 0 bridgehead atoms. The van der Waals surface area contributed by atoms with E-state index in [9.17, 15) is 14.0 Å². The van der Waals surface area contributed by atoms with Crippen LogP contribution in [0.25, 0.3) is 10.9 Å². The molecule has 0 spiro atoms. The molecule has 35 heavy (non-hydrogen) atoms. The number of aliphatic hydroxyl groups is 1. The number of aromatic nitrogens is 2. The van der Waals surface area contributed by atoms with Gasteiger partial charge in [-0.25, -0.2) is 4.39 Å². The Labute approximate surface area is 204 Å². The first-order chi connectivity index (χ1) is 16.8. The topological polar surface area (TPSA) is 80.2 Å². The Morgan fingerprint density at radius 3 is 2.43 bits per heavy atom. The van der Waals surface area contributed by atoms with Crippen LogP contribution in [0, 0.1) is 29.0 Å². The Kier molecular flexibility index (Phi) is 6.26. The summed E-state index contributed by atoms with van der Waals surface area (Å²) in [6, 6.07) is 10.2. The number of Topliss-reactive ketones (excluding diaryl/α,β-unsaturated/α-hetero) is 2. The molecule has 2 heterocycles. The first-order valence-corrected chi connectivity index (χ1v) is 12.4. The highest BCUT2D eigenvalue weighted by molar-refractivity contribution is 5.96. The van der Waals surface area contributed by atoms with Gasteiger partial charge in [0, 0.05) is 40.9 Å². The van der Waals surface area contributed by atoms with Gasteiger partial charge in [0.1, 0.15) is 18.2 Å². The summed E-state index contributed by atoms with van der Waals surface area (Å²) in [5.74, 6) is 1.45. The van der Waals surface area contributed by atoms with Crippen molar-refractivity contribution in [2.45, 2.75) is 51.9 Å². The predicted molar refractivity (Wildman–Crippen MR) is 132 cm³/mol. The van der Waals surface area contributed by atoms with Gasteiger partial charge < -0.3 is 5.11 Å². The van der Waals surface area contributed by atoms with E-state index in [-0.39, 0.29) is 23.8 Å². The maximum absolute atomic E-state index is 13.9. The summed E-state index contributed by atoms with van der Waals surface area (Å²) >= 11 is 0. The Hall–Kier alpha value is -2.99. The molecule has 2 aliphatic carbocycles. The molecule has 0 aliphatic heterocycles. The molecule has 3 aromatic rings. The van der Waals surface area contributed by atoms with Crippen LogP contribution in [-0.2, 0) is 11.2 Å². The molecule has 182 valence electrons. The maximum Gasteiger partial charge on any atom is 0.189 e. The molecule has 4 atom stereocenters. The van der Waals surface area contributed by atoms with Crippen molar-refractivity contribution in [3.8, 4) is 0 Å². The van der Waals surface area contributed by atoms with E-state index in [1.807, 2.05) is 12.3 Å². The number of pyridine rings is 2. The summed E-state index contributed by atoms with van der Waals surface area (Å²) in [6.45, 7) is 3.56. The molecule has 6 heteroatoms. The third-order valence-corrected chi connectivity index (χ3v) is 8.56. The van der Waals surface area contributed by atoms with E-state index in [1.54, 1.807) is 24.3 Å². The maximum atomic E-state index is 13.9. The van der Waals surface area contributed by atoms with Crippen molar-refractivity contribution in [3.05, 3.63) is 71.4 Å². The van der Waals surface area contributed by atoms with Crippen LogP contribution in [0.2, 0.25) is 0 Å². The molecule has 0 radical (unpaired) electrons. The van der Waals surface area contributed by atoms with E-state index in [0.717, 1.165) is 36.6 Å². The highest BCUT2D eigenvalue weighted by atomic mass is 19.1. The van der Waals surface area contributed by atoms with Crippen molar-refractivity contribution in [1.82, 2.24) is 9.97 Å². The van der Waals surface area contributed by atoms with Gasteiger partial charge in [-0.15, -0.1) is 0 Å². The van der Waals surface area contributed by atoms with Gasteiger partial charge in [0.15, 0.2) is 5.78 Å². The van der Waals surface area contributed by atoms with Crippen molar-refractivity contribution < 1.29 is 19.1 Å². The molecular formula is C29H31FN2O3. The van der Waals surface area contributed by atoms with Crippen LogP contribution in [0.5, 0.6) is 0 Å². The van der Waals surface area contributed by atoms with Crippen LogP contribution in [-0.4, -0.2) is 33.2 Å². The summed E-state index contributed by atoms with van der Waals surface area (Å²) in [7, 11) is 0. The van der Waals surface area contributed by atoms with Crippen LogP contribution in [0.1, 0.15) is 67.1 Å². The number of carbonyl (C=O) groups is 2. The van der Waals surface area contributed by atoms with Crippen molar-refractivity contribution in [2.75, 3.05) is 6.61 Å². The third kappa shape index (κ3) is 4.52. The lowest BCUT2D eigenvalue weighted by molar-refractivity contribution is -0.129. The summed E-state index contributed by atoms with van der Waals surface area (Å²) in [6.07, 6.45) is 7.72. The number of nitrogens with zero attached hydrogens (tertiary/aromatic N) is 2. The molecule has 0 amide bonds. The molecule has 2 unspecified atom stereocenters. The normalized spacial score (nSPS) is 24.0. The number of carbonyl (C=O) groups excluding carboxylic acids is 2. The Balaban J connectivity index is 1.24. The van der Waals surface area contributed by atoms with E-state index in [1.165, 1.54) is 17.8 Å². The molecular weight excluding hydrogens is 443 g/mol. The van der Waals surface area contributed by atoms with E-state index < -0.39 is 12.0 Å². The second-order valence-corrected chi connectivity index (χ2v) is 10.9. The molecule has 1 aromatic carbocycles. The first kappa shape index (κ1) is 23.7. The Morgan fingerprint density at radius 1 is 1.03 bits per heavy atom. The zero-order valence-corrected chi connectivity index (χ0v) is 20.2. The lowest BCUT2D eigenvalue weighted by atomic mass is 9.72. The molecule has 0 saturated heterocycles. The van der Waals surface area contributed by atoms with E-state index in [4.69, 9.17) is 5.11 Å². The fraction of sp³-hybridized carbons (Fsp3) is 0.448. The van der Waals surface area contributed by atoms with E-state index in [2.05, 4.69) is 23.8 Å². The van der Waals surface area contributed by atoms with Crippen LogP contribution in [0.3, 0.4) is 0 Å². The third-order valence-electron chi connectivity index (χ3n) is 8.56. The second-order valence-electron chi connectivity index (χ2n) is 10.9. The largest absolute Gasteiger partial charge is 0.388 e. The molecule has 2 aliphatic rings. The van der Waals surface area contributed by atoms with E-state index in [0.29, 0.717) is 34.9 Å². The minimum absolute atomic E-state index is 0.170. The van der Waals surface area contributed by atoms with Crippen molar-refractivity contribution >= 4 is 22.5 Å². The number of rotatable bonds is 7. The zero-order chi connectivity index (χ0) is 24.7. The summed E-state index contributed by atoms with van der Waals surface area (Å²) in [5, 5.41) is 9.91. The van der Waals surface area contributed by atoms with Gasteiger partial charge in [-0.2, -0.15) is 0 Å². The lowest BCUT2D eigenvalue weighted by Gasteiger charge is -2.31. The molecule has 5 rings (SSSR count). The van der Waals surface area contributed by atoms with Gasteiger partial charge in [0.05, 0.1) is 5.52 Å². The standard InChI is InChI=1S/C29H31FN2O3/c1-29(2,28(35)14-23-5-3-17(15-32-23)27(34)16-33)21-11-18-9-20(10-19(18)12-21)24-7-8-31-26-6-4-22(30)13-25(24)26/h3-8,13,15,18-21,33H,9-12,14,16H2,1-2H3/t18-,19+,20?,21?. The number of hydrogen-bond donors (Lipinski definition) is 1. The average Bonchev–Trinajstić information content (AvgIpc) is 3.43. The molecule has 2 aromatic heterocycles. The molecule has 5 nitrogen and oxygen atoms in total. The number of halogens is 1. The van der Waals surface area contributed by atoms with Crippen LogP contribution in [0.4, 0.5) is 4.39 Å². The van der Waals surface area contributed by atoms with Crippen LogP contribution < -0.4 is 0 Å². The highest BCUT2D eigenvalue weighted by Gasteiger charge is 2.48. The van der Waals surface area contributed by atoms with Gasteiger partial charge in [-0.05, 0) is 91.3 Å². The SMILES string of the molecule is CC(C)(C(=O)Cc1ccc(C(=O)CO)cn1)C1C[C@H]2CC(c3ccnc4ccc(F)cc34)C[C@H]2C1. The fourth-order valence-corrected chi connectivity index (χ4v) is 6.36. The molecule has 2 fully saturated rings. The summed E-state index contributed by atoms with van der Waals surface area (Å²) in [5.41, 5.74) is 2.59. The number of hydrogen-bond acceptors (Lipinski definition) is 5. The van der Waals surface area contributed by atoms with Crippen molar-refractivity contribution in [1.29, 1.82) is 0 Å².